The van der Waals surface area contributed by atoms with Gasteiger partial charge in [-0.15, -0.1) is 0 Å². The van der Waals surface area contributed by atoms with Gasteiger partial charge in [-0.25, -0.2) is 0 Å². The van der Waals surface area contributed by atoms with Crippen molar-refractivity contribution in [3.05, 3.63) is 179 Å². The van der Waals surface area contributed by atoms with Crippen LogP contribution >= 0.6 is 0 Å². The molecule has 0 atom stereocenters. The fourth-order valence-electron chi connectivity index (χ4n) is 10.2. The number of rotatable bonds is 3. The molecule has 3 aliphatic carbocycles. The number of fused-ring (bicyclic) bond motifs is 12. The van der Waals surface area contributed by atoms with Gasteiger partial charge >= 0.3 is 0 Å². The summed E-state index contributed by atoms with van der Waals surface area (Å²) in [5.41, 5.74) is 24.4. The minimum absolute atomic E-state index is 0.181. The van der Waals surface area contributed by atoms with Gasteiger partial charge in [-0.1, -0.05) is 169 Å². The first kappa shape index (κ1) is 30.4. The third kappa shape index (κ3) is 4.02. The lowest BCUT2D eigenvalue weighted by Crippen LogP contribution is -2.22. The first-order valence-electron chi connectivity index (χ1n) is 18.4. The molecule has 0 saturated carbocycles. The summed E-state index contributed by atoms with van der Waals surface area (Å²) in [6, 6.07) is 54.5. The van der Waals surface area contributed by atoms with E-state index in [4.69, 9.17) is 0 Å². The van der Waals surface area contributed by atoms with E-state index in [1.807, 2.05) is 0 Å². The molecule has 7 aromatic carbocycles. The Bertz CT molecular complexity index is 2250. The van der Waals surface area contributed by atoms with Gasteiger partial charge in [0.25, 0.3) is 0 Å². The van der Waals surface area contributed by atoms with E-state index >= 15 is 0 Å². The Morgan fingerprint density at radius 2 is 0.529 bits per heavy atom. The van der Waals surface area contributed by atoms with E-state index in [1.165, 1.54) is 100 Å². The van der Waals surface area contributed by atoms with E-state index in [2.05, 4.69) is 187 Å². The Morgan fingerprint density at radius 1 is 0.275 bits per heavy atom. The molecule has 246 valence electrons. The van der Waals surface area contributed by atoms with Crippen LogP contribution in [0.15, 0.2) is 146 Å². The molecular weight excluding hydrogens is 613 g/mol. The van der Waals surface area contributed by atoms with Gasteiger partial charge in [0.2, 0.25) is 0 Å². The van der Waals surface area contributed by atoms with Crippen molar-refractivity contribution in [3.8, 4) is 66.8 Å². The Hall–Kier alpha value is -5.46. The molecule has 3 aliphatic rings. The summed E-state index contributed by atoms with van der Waals surface area (Å²) in [4.78, 5) is 0. The highest BCUT2D eigenvalue weighted by Crippen LogP contribution is 2.67. The van der Waals surface area contributed by atoms with Crippen LogP contribution in [0.4, 0.5) is 0 Å². The van der Waals surface area contributed by atoms with Crippen LogP contribution in [0.25, 0.3) is 66.8 Å². The fourth-order valence-corrected chi connectivity index (χ4v) is 10.2. The van der Waals surface area contributed by atoms with Crippen LogP contribution in [-0.2, 0) is 16.2 Å². The maximum absolute atomic E-state index is 2.50. The summed E-state index contributed by atoms with van der Waals surface area (Å²) < 4.78 is 0. The minimum Gasteiger partial charge on any atom is -0.0622 e. The molecule has 0 heteroatoms. The van der Waals surface area contributed by atoms with Gasteiger partial charge in [0.15, 0.2) is 0 Å². The van der Waals surface area contributed by atoms with Gasteiger partial charge in [0.05, 0.1) is 0 Å². The van der Waals surface area contributed by atoms with Gasteiger partial charge in [-0.05, 0) is 118 Å². The van der Waals surface area contributed by atoms with Crippen molar-refractivity contribution in [2.75, 3.05) is 0 Å². The smallest absolute Gasteiger partial charge is 0.0165 e. The second-order valence-corrected chi connectivity index (χ2v) is 16.5. The van der Waals surface area contributed by atoms with Crippen molar-refractivity contribution in [3.63, 3.8) is 0 Å². The lowest BCUT2D eigenvalue weighted by molar-refractivity contribution is 0.636. The summed E-state index contributed by atoms with van der Waals surface area (Å²) >= 11 is 0. The van der Waals surface area contributed by atoms with Crippen molar-refractivity contribution in [2.24, 2.45) is 0 Å². The van der Waals surface area contributed by atoms with Crippen molar-refractivity contribution in [1.82, 2.24) is 0 Å². The zero-order valence-electron chi connectivity index (χ0n) is 30.4. The molecule has 0 heterocycles. The fraction of sp³-hybridized carbons (Fsp3) is 0.176. The summed E-state index contributed by atoms with van der Waals surface area (Å²) in [6.07, 6.45) is 0. The Kier molecular flexibility index (Phi) is 6.13. The highest BCUT2D eigenvalue weighted by Gasteiger charge is 2.52. The molecule has 0 nitrogen and oxygen atoms in total. The van der Waals surface area contributed by atoms with Gasteiger partial charge in [0.1, 0.15) is 0 Å². The predicted octanol–water partition coefficient (Wildman–Crippen LogP) is 13.6. The first-order valence-corrected chi connectivity index (χ1v) is 18.4. The number of hydrogen-bond donors (Lipinski definition) is 0. The van der Waals surface area contributed by atoms with Gasteiger partial charge < -0.3 is 0 Å². The van der Waals surface area contributed by atoms with Crippen LogP contribution in [0.1, 0.15) is 74.9 Å². The molecule has 0 fully saturated rings. The van der Waals surface area contributed by atoms with E-state index < -0.39 is 0 Å². The molecule has 0 aliphatic heterocycles. The van der Waals surface area contributed by atoms with Crippen LogP contribution in [0.2, 0.25) is 0 Å². The van der Waals surface area contributed by atoms with Crippen molar-refractivity contribution >= 4 is 0 Å². The van der Waals surface area contributed by atoms with Crippen LogP contribution in [0.5, 0.6) is 0 Å². The van der Waals surface area contributed by atoms with Crippen LogP contribution in [-0.4, -0.2) is 0 Å². The maximum Gasteiger partial charge on any atom is 0.0165 e. The zero-order chi connectivity index (χ0) is 34.9. The quantitative estimate of drug-likeness (QED) is 0.178. The third-order valence-electron chi connectivity index (χ3n) is 12.6. The molecule has 0 radical (unpaired) electrons. The number of benzene rings is 7. The second kappa shape index (κ2) is 10.3. The average molecular weight is 655 g/mol. The average Bonchev–Trinajstić information content (AvgIpc) is 3.64. The summed E-state index contributed by atoms with van der Waals surface area (Å²) in [5.74, 6) is 0. The minimum atomic E-state index is -0.181. The van der Waals surface area contributed by atoms with E-state index in [0.29, 0.717) is 0 Å². The molecular formula is C51H42. The van der Waals surface area contributed by atoms with E-state index in [-0.39, 0.29) is 16.2 Å². The molecule has 0 N–H and O–H groups in total. The van der Waals surface area contributed by atoms with Crippen molar-refractivity contribution in [2.45, 2.75) is 57.8 Å². The second-order valence-electron chi connectivity index (χ2n) is 16.5. The van der Waals surface area contributed by atoms with E-state index in [0.717, 1.165) is 0 Å². The summed E-state index contributed by atoms with van der Waals surface area (Å²) in [5, 5.41) is 0. The monoisotopic (exact) mass is 654 g/mol. The standard InChI is InChI=1S/C51H42/c1-49(2)40-25-22-34(31-16-10-7-11-17-31)28-37(40)43-46(49)44-38-29-35(32-18-12-8-13-19-32)23-26-41(38)50(3,4)48(44)45-39-30-36(33-20-14-9-15-21-33)24-27-42(39)51(5,6)47(43)45/h7-30H,1-6H3. The summed E-state index contributed by atoms with van der Waals surface area (Å²) in [6.45, 7) is 14.8. The van der Waals surface area contributed by atoms with Gasteiger partial charge in [0, 0.05) is 16.2 Å². The predicted molar refractivity (Wildman–Crippen MR) is 215 cm³/mol. The lowest BCUT2D eigenvalue weighted by atomic mass is 9.71. The highest BCUT2D eigenvalue weighted by atomic mass is 14.5. The van der Waals surface area contributed by atoms with E-state index in [9.17, 15) is 0 Å². The molecule has 0 saturated heterocycles. The maximum atomic E-state index is 2.50. The first-order chi connectivity index (χ1) is 24.6. The van der Waals surface area contributed by atoms with Crippen LogP contribution < -0.4 is 0 Å². The SMILES string of the molecule is CC1(C)c2ccc(-c3ccccc3)cc2-c2c1c1c(c3c2C(C)(C)c2ccc(-c4ccccc4)cc2-3)C(C)(C)c2ccc(-c3ccccc3)cc2-1. The number of hydrogen-bond acceptors (Lipinski definition) is 0. The Labute approximate surface area is 302 Å². The Balaban J connectivity index is 1.36. The lowest BCUT2D eigenvalue weighted by Gasteiger charge is -2.31. The normalized spacial score (nSPS) is 16.1. The molecule has 0 bridgehead atoms. The molecule has 0 unspecified atom stereocenters. The molecule has 0 spiro atoms. The van der Waals surface area contributed by atoms with Crippen molar-refractivity contribution < 1.29 is 0 Å². The molecule has 0 aromatic heterocycles. The van der Waals surface area contributed by atoms with Crippen LogP contribution in [0, 0.1) is 0 Å². The molecule has 51 heavy (non-hydrogen) atoms. The highest BCUT2D eigenvalue weighted by molar-refractivity contribution is 6.06. The van der Waals surface area contributed by atoms with Gasteiger partial charge in [-0.3, -0.25) is 0 Å². The molecule has 0 amide bonds. The molecule has 10 rings (SSSR count). The van der Waals surface area contributed by atoms with Crippen molar-refractivity contribution in [1.29, 1.82) is 0 Å². The zero-order valence-corrected chi connectivity index (χ0v) is 30.4. The summed E-state index contributed by atoms with van der Waals surface area (Å²) in [7, 11) is 0. The largest absolute Gasteiger partial charge is 0.0622 e. The van der Waals surface area contributed by atoms with Crippen LogP contribution in [0.3, 0.4) is 0 Å². The van der Waals surface area contributed by atoms with E-state index in [1.54, 1.807) is 0 Å². The molecule has 7 aromatic rings. The topological polar surface area (TPSA) is 0 Å². The third-order valence-corrected chi connectivity index (χ3v) is 12.6. The Morgan fingerprint density at radius 3 is 0.784 bits per heavy atom. The van der Waals surface area contributed by atoms with Gasteiger partial charge in [-0.2, -0.15) is 0 Å².